The lowest BCUT2D eigenvalue weighted by Gasteiger charge is -2.10. The second kappa shape index (κ2) is 5.61. The van der Waals surface area contributed by atoms with Crippen LogP contribution in [0, 0.1) is 0 Å². The van der Waals surface area contributed by atoms with E-state index in [1.807, 2.05) is 0 Å². The molecule has 0 bridgehead atoms. The molecular weight excluding hydrogens is 216 g/mol. The van der Waals surface area contributed by atoms with Gasteiger partial charge < -0.3 is 14.3 Å². The molecule has 0 aliphatic carbocycles. The van der Waals surface area contributed by atoms with Crippen LogP contribution in [0.5, 0.6) is 11.5 Å². The summed E-state index contributed by atoms with van der Waals surface area (Å²) < 4.78 is 10.3. The van der Waals surface area contributed by atoms with Gasteiger partial charge in [-0.2, -0.15) is 0 Å². The molecule has 0 atom stereocenters. The number of rotatable bonds is 5. The monoisotopic (exact) mass is 228 g/mol. The number of halogens is 1. The zero-order valence-corrected chi connectivity index (χ0v) is 9.50. The molecule has 0 amide bonds. The van der Waals surface area contributed by atoms with Crippen molar-refractivity contribution in [3.8, 4) is 11.5 Å². The lowest BCUT2D eigenvalue weighted by Crippen LogP contribution is -1.95. The summed E-state index contributed by atoms with van der Waals surface area (Å²) in [4.78, 5) is 10.3. The van der Waals surface area contributed by atoms with Gasteiger partial charge in [0, 0.05) is 12.5 Å². The van der Waals surface area contributed by atoms with Gasteiger partial charge in [0.05, 0.1) is 19.2 Å². The van der Waals surface area contributed by atoms with Crippen molar-refractivity contribution < 1.29 is 14.3 Å². The fourth-order valence-electron chi connectivity index (χ4n) is 1.33. The molecule has 0 N–H and O–H groups in total. The maximum absolute atomic E-state index is 10.3. The highest BCUT2D eigenvalue weighted by Gasteiger charge is 2.09. The molecule has 1 aromatic carbocycles. The number of carbonyl (C=O) groups is 1. The fraction of sp³-hybridized carbons (Fsp3) is 0.364. The van der Waals surface area contributed by atoms with Crippen molar-refractivity contribution in [1.29, 1.82) is 0 Å². The molecule has 0 aromatic heterocycles. The summed E-state index contributed by atoms with van der Waals surface area (Å²) in [5.74, 6) is 1.28. The van der Waals surface area contributed by atoms with E-state index in [9.17, 15) is 4.79 Å². The maximum Gasteiger partial charge on any atom is 0.137 e. The molecule has 0 aliphatic rings. The van der Waals surface area contributed by atoms with Gasteiger partial charge in [-0.1, -0.05) is 11.6 Å². The Morgan fingerprint density at radius 2 is 1.93 bits per heavy atom. The molecule has 0 heterocycles. The van der Waals surface area contributed by atoms with Gasteiger partial charge in [0.1, 0.15) is 17.8 Å². The predicted molar refractivity (Wildman–Crippen MR) is 58.9 cm³/mol. The van der Waals surface area contributed by atoms with Crippen molar-refractivity contribution in [2.45, 2.75) is 12.8 Å². The molecule has 0 unspecified atom stereocenters. The van der Waals surface area contributed by atoms with Gasteiger partial charge in [-0.3, -0.25) is 0 Å². The van der Waals surface area contributed by atoms with Crippen LogP contribution < -0.4 is 9.47 Å². The molecule has 0 radical (unpaired) electrons. The van der Waals surface area contributed by atoms with E-state index in [0.717, 1.165) is 11.8 Å². The second-order valence-corrected chi connectivity index (χ2v) is 3.41. The number of hydrogen-bond donors (Lipinski definition) is 0. The number of ether oxygens (including phenoxy) is 2. The van der Waals surface area contributed by atoms with E-state index < -0.39 is 0 Å². The zero-order valence-electron chi connectivity index (χ0n) is 8.75. The molecule has 1 aromatic rings. The van der Waals surface area contributed by atoms with E-state index in [1.54, 1.807) is 26.4 Å². The Bertz CT molecular complexity index is 350. The second-order valence-electron chi connectivity index (χ2n) is 3.00. The van der Waals surface area contributed by atoms with Crippen LogP contribution in [0.4, 0.5) is 0 Å². The lowest BCUT2D eigenvalue weighted by molar-refractivity contribution is -0.107. The van der Waals surface area contributed by atoms with Gasteiger partial charge in [-0.25, -0.2) is 0 Å². The normalized spacial score (nSPS) is 9.80. The number of aryl methyl sites for hydroxylation is 1. The van der Waals surface area contributed by atoms with E-state index in [2.05, 4.69) is 0 Å². The summed E-state index contributed by atoms with van der Waals surface area (Å²) in [5, 5.41) is 0.504. The standard InChI is InChI=1S/C11H13ClO3/c1-14-10-7-9(12)11(15-2)6-8(10)4-3-5-13/h5-7H,3-4H2,1-2H3. The van der Waals surface area contributed by atoms with E-state index in [1.165, 1.54) is 0 Å². The van der Waals surface area contributed by atoms with Gasteiger partial charge >= 0.3 is 0 Å². The van der Waals surface area contributed by atoms with E-state index in [-0.39, 0.29) is 0 Å². The molecule has 0 aliphatic heterocycles. The fourth-order valence-corrected chi connectivity index (χ4v) is 1.56. The van der Waals surface area contributed by atoms with Crippen LogP contribution in [-0.4, -0.2) is 20.5 Å². The Labute approximate surface area is 93.9 Å². The SMILES string of the molecule is COc1cc(CCC=O)c(OC)cc1Cl. The van der Waals surface area contributed by atoms with Crippen LogP contribution in [0.3, 0.4) is 0 Å². The first kappa shape index (κ1) is 11.9. The smallest absolute Gasteiger partial charge is 0.137 e. The first-order chi connectivity index (χ1) is 7.22. The molecule has 0 spiro atoms. The molecule has 4 heteroatoms. The van der Waals surface area contributed by atoms with E-state index in [4.69, 9.17) is 21.1 Å². The average molecular weight is 229 g/mol. The highest BCUT2D eigenvalue weighted by molar-refractivity contribution is 6.32. The molecule has 0 saturated carbocycles. The topological polar surface area (TPSA) is 35.5 Å². The zero-order chi connectivity index (χ0) is 11.3. The maximum atomic E-state index is 10.3. The van der Waals surface area contributed by atoms with Crippen LogP contribution in [0.2, 0.25) is 5.02 Å². The van der Waals surface area contributed by atoms with Gasteiger partial charge in [-0.15, -0.1) is 0 Å². The number of hydrogen-bond acceptors (Lipinski definition) is 3. The third kappa shape index (κ3) is 2.86. The third-order valence-corrected chi connectivity index (χ3v) is 2.38. The van der Waals surface area contributed by atoms with Crippen molar-refractivity contribution in [2.75, 3.05) is 14.2 Å². The molecule has 3 nitrogen and oxygen atoms in total. The Hall–Kier alpha value is -1.22. The van der Waals surface area contributed by atoms with Crippen molar-refractivity contribution in [2.24, 2.45) is 0 Å². The summed E-state index contributed by atoms with van der Waals surface area (Å²) in [7, 11) is 3.12. The highest BCUT2D eigenvalue weighted by atomic mass is 35.5. The first-order valence-electron chi connectivity index (χ1n) is 4.57. The van der Waals surface area contributed by atoms with Crippen LogP contribution in [0.1, 0.15) is 12.0 Å². The quantitative estimate of drug-likeness (QED) is 0.727. The number of methoxy groups -OCH3 is 2. The summed E-state index contributed by atoms with van der Waals surface area (Å²) in [6.07, 6.45) is 1.96. The number of aldehydes is 1. The molecule has 0 fully saturated rings. The molecule has 1 rings (SSSR count). The number of carbonyl (C=O) groups excluding carboxylic acids is 1. The van der Waals surface area contributed by atoms with Crippen LogP contribution >= 0.6 is 11.6 Å². The van der Waals surface area contributed by atoms with Gasteiger partial charge in [0.25, 0.3) is 0 Å². The first-order valence-corrected chi connectivity index (χ1v) is 4.94. The van der Waals surface area contributed by atoms with Crippen molar-refractivity contribution in [3.63, 3.8) is 0 Å². The van der Waals surface area contributed by atoms with E-state index in [0.29, 0.717) is 29.4 Å². The predicted octanol–water partition coefficient (Wildman–Crippen LogP) is 2.49. The van der Waals surface area contributed by atoms with Crippen LogP contribution in [0.15, 0.2) is 12.1 Å². The Morgan fingerprint density at radius 1 is 1.27 bits per heavy atom. The van der Waals surface area contributed by atoms with Crippen molar-refractivity contribution in [3.05, 3.63) is 22.7 Å². The summed E-state index contributed by atoms with van der Waals surface area (Å²) in [5.41, 5.74) is 0.922. The minimum atomic E-state index is 0.459. The molecule has 0 saturated heterocycles. The summed E-state index contributed by atoms with van der Waals surface area (Å²) in [6, 6.07) is 3.49. The lowest BCUT2D eigenvalue weighted by atomic mass is 10.1. The molecular formula is C11H13ClO3. The Morgan fingerprint density at radius 3 is 2.47 bits per heavy atom. The molecule has 82 valence electrons. The third-order valence-electron chi connectivity index (χ3n) is 2.09. The Kier molecular flexibility index (Phi) is 4.43. The summed E-state index contributed by atoms with van der Waals surface area (Å²) >= 11 is 5.94. The molecule has 15 heavy (non-hydrogen) atoms. The van der Waals surface area contributed by atoms with Gasteiger partial charge in [0.15, 0.2) is 0 Å². The number of benzene rings is 1. The van der Waals surface area contributed by atoms with Crippen molar-refractivity contribution in [1.82, 2.24) is 0 Å². The van der Waals surface area contributed by atoms with E-state index >= 15 is 0 Å². The van der Waals surface area contributed by atoms with Gasteiger partial charge in [-0.05, 0) is 18.1 Å². The minimum absolute atomic E-state index is 0.459. The van der Waals surface area contributed by atoms with Gasteiger partial charge in [0.2, 0.25) is 0 Å². The van der Waals surface area contributed by atoms with Crippen LogP contribution in [-0.2, 0) is 11.2 Å². The summed E-state index contributed by atoms with van der Waals surface area (Å²) in [6.45, 7) is 0. The van der Waals surface area contributed by atoms with Crippen molar-refractivity contribution >= 4 is 17.9 Å². The highest BCUT2D eigenvalue weighted by Crippen LogP contribution is 2.32. The Balaban J connectivity index is 3.04. The van der Waals surface area contributed by atoms with Crippen LogP contribution in [0.25, 0.3) is 0 Å². The minimum Gasteiger partial charge on any atom is -0.496 e. The average Bonchev–Trinajstić information content (AvgIpc) is 2.26. The largest absolute Gasteiger partial charge is 0.496 e.